The van der Waals surface area contributed by atoms with Gasteiger partial charge in [0.15, 0.2) is 0 Å². The Morgan fingerprint density at radius 2 is 2.12 bits per heavy atom. The summed E-state index contributed by atoms with van der Waals surface area (Å²) in [4.78, 5) is 10.8. The highest BCUT2D eigenvalue weighted by atomic mass is 79.9. The van der Waals surface area contributed by atoms with Crippen molar-refractivity contribution in [3.8, 4) is 5.75 Å². The second-order valence-electron chi connectivity index (χ2n) is 3.21. The van der Waals surface area contributed by atoms with Gasteiger partial charge in [0.2, 0.25) is 0 Å². The number of carboxylic acid groups (broad SMARTS) is 1. The van der Waals surface area contributed by atoms with Crippen LogP contribution in [-0.4, -0.2) is 16.2 Å². The molecule has 0 heterocycles. The molecule has 0 aliphatic rings. The lowest BCUT2D eigenvalue weighted by Crippen LogP contribution is -2.10. The number of benzene rings is 1. The molecule has 0 unspecified atom stereocenters. The quantitative estimate of drug-likeness (QED) is 0.801. The van der Waals surface area contributed by atoms with E-state index in [1.165, 1.54) is 6.07 Å². The first-order valence-electron chi connectivity index (χ1n) is 4.48. The molecule has 1 atom stereocenters. The van der Waals surface area contributed by atoms with Gasteiger partial charge in [-0.25, -0.2) is 4.79 Å². The number of nitrogens with two attached hydrogens (primary N) is 1. The molecular weight excluding hydrogens is 297 g/mol. The zero-order valence-corrected chi connectivity index (χ0v) is 11.0. The predicted octanol–water partition coefficient (Wildman–Crippen LogP) is 2.68. The molecule has 0 fully saturated rings. The van der Waals surface area contributed by atoms with Crippen LogP contribution in [0, 0.1) is 0 Å². The molecule has 0 amide bonds. The fraction of sp³-hybridized carbons (Fsp3) is 0.300. The topological polar surface area (TPSA) is 83.6 Å². The lowest BCUT2D eigenvalue weighted by atomic mass is 10.0. The summed E-state index contributed by atoms with van der Waals surface area (Å²) in [5.41, 5.74) is 6.07. The first kappa shape index (κ1) is 15.2. The second-order valence-corrected chi connectivity index (χ2v) is 4.13. The van der Waals surface area contributed by atoms with E-state index in [0.29, 0.717) is 16.5 Å². The first-order valence-corrected chi connectivity index (χ1v) is 5.28. The Kier molecular flexibility index (Phi) is 5.78. The van der Waals surface area contributed by atoms with Gasteiger partial charge in [0, 0.05) is 16.1 Å². The Morgan fingerprint density at radius 1 is 1.56 bits per heavy atom. The lowest BCUT2D eigenvalue weighted by molar-refractivity contribution is 0.0693. The number of carboxylic acids is 1. The van der Waals surface area contributed by atoms with E-state index in [9.17, 15) is 9.90 Å². The van der Waals surface area contributed by atoms with Crippen LogP contribution in [0.4, 0.5) is 0 Å². The number of halogens is 2. The van der Waals surface area contributed by atoms with Crippen LogP contribution in [-0.2, 0) is 0 Å². The molecule has 0 aliphatic carbocycles. The van der Waals surface area contributed by atoms with E-state index in [0.717, 1.165) is 0 Å². The first-order chi connectivity index (χ1) is 6.97. The molecular formula is C10H13BrClNO3. The molecule has 90 valence electrons. The van der Waals surface area contributed by atoms with Crippen molar-refractivity contribution in [2.24, 2.45) is 5.73 Å². The fourth-order valence-corrected chi connectivity index (χ4v) is 1.76. The van der Waals surface area contributed by atoms with E-state index in [-0.39, 0.29) is 29.8 Å². The molecule has 6 heteroatoms. The number of hydrogen-bond acceptors (Lipinski definition) is 3. The molecule has 1 rings (SSSR count). The fourth-order valence-electron chi connectivity index (χ4n) is 1.29. The van der Waals surface area contributed by atoms with E-state index in [1.807, 2.05) is 6.92 Å². The largest absolute Gasteiger partial charge is 0.507 e. The Hall–Kier alpha value is -0.780. The maximum absolute atomic E-state index is 10.8. The van der Waals surface area contributed by atoms with E-state index >= 15 is 0 Å². The average Bonchev–Trinajstić information content (AvgIpc) is 2.19. The number of carbonyl (C=O) groups is 1. The summed E-state index contributed by atoms with van der Waals surface area (Å²) in [7, 11) is 0. The molecule has 0 radical (unpaired) electrons. The minimum absolute atomic E-state index is 0. The van der Waals surface area contributed by atoms with Crippen molar-refractivity contribution in [1.29, 1.82) is 0 Å². The smallest absolute Gasteiger partial charge is 0.339 e. The molecule has 4 nitrogen and oxygen atoms in total. The predicted molar refractivity (Wildman–Crippen MR) is 67.2 cm³/mol. The van der Waals surface area contributed by atoms with Crippen LogP contribution in [0.3, 0.4) is 0 Å². The van der Waals surface area contributed by atoms with Gasteiger partial charge in [-0.2, -0.15) is 0 Å². The molecule has 0 bridgehead atoms. The summed E-state index contributed by atoms with van der Waals surface area (Å²) >= 11 is 3.18. The number of phenols is 1. The van der Waals surface area contributed by atoms with Crippen molar-refractivity contribution in [3.63, 3.8) is 0 Å². The second kappa shape index (κ2) is 6.08. The van der Waals surface area contributed by atoms with Crippen LogP contribution >= 0.6 is 28.3 Å². The van der Waals surface area contributed by atoms with Crippen molar-refractivity contribution in [2.45, 2.75) is 19.4 Å². The van der Waals surface area contributed by atoms with Crippen LogP contribution in [0.2, 0.25) is 0 Å². The van der Waals surface area contributed by atoms with Crippen molar-refractivity contribution in [3.05, 3.63) is 27.7 Å². The molecule has 1 aromatic rings. The maximum atomic E-state index is 10.8. The van der Waals surface area contributed by atoms with Crippen molar-refractivity contribution >= 4 is 34.3 Å². The van der Waals surface area contributed by atoms with E-state index in [1.54, 1.807) is 6.07 Å². The van der Waals surface area contributed by atoms with Gasteiger partial charge in [0.1, 0.15) is 11.3 Å². The van der Waals surface area contributed by atoms with E-state index in [2.05, 4.69) is 15.9 Å². The van der Waals surface area contributed by atoms with Gasteiger partial charge in [-0.05, 0) is 18.6 Å². The monoisotopic (exact) mass is 309 g/mol. The molecule has 1 aromatic carbocycles. The molecule has 4 N–H and O–H groups in total. The van der Waals surface area contributed by atoms with Gasteiger partial charge in [-0.15, -0.1) is 12.4 Å². The standard InChI is InChI=1S/C10H12BrNO3.ClH/c1-2-8(12)6-3-5(11)4-7(9(6)13)10(14)15;/h3-4,8,13H,2,12H2,1H3,(H,14,15);1H/t8-;/m1./s1. The van der Waals surface area contributed by atoms with Crippen LogP contribution in [0.25, 0.3) is 0 Å². The zero-order chi connectivity index (χ0) is 11.6. The van der Waals surface area contributed by atoms with Gasteiger partial charge < -0.3 is 15.9 Å². The third-order valence-corrected chi connectivity index (χ3v) is 2.63. The number of hydrogen-bond donors (Lipinski definition) is 3. The Balaban J connectivity index is 0.00000225. The summed E-state index contributed by atoms with van der Waals surface area (Å²) in [5.74, 6) is -1.42. The summed E-state index contributed by atoms with van der Waals surface area (Å²) < 4.78 is 0.594. The van der Waals surface area contributed by atoms with Crippen LogP contribution in [0.1, 0.15) is 35.3 Å². The van der Waals surface area contributed by atoms with E-state index in [4.69, 9.17) is 10.8 Å². The molecule has 0 aliphatic heterocycles. The highest BCUT2D eigenvalue weighted by Crippen LogP contribution is 2.31. The third kappa shape index (κ3) is 3.10. The van der Waals surface area contributed by atoms with Gasteiger partial charge >= 0.3 is 5.97 Å². The van der Waals surface area contributed by atoms with Crippen LogP contribution < -0.4 is 5.73 Å². The highest BCUT2D eigenvalue weighted by Gasteiger charge is 2.18. The molecule has 0 spiro atoms. The summed E-state index contributed by atoms with van der Waals surface area (Å²) in [6.07, 6.45) is 0.628. The third-order valence-electron chi connectivity index (χ3n) is 2.17. The number of rotatable bonds is 3. The van der Waals surface area contributed by atoms with Gasteiger partial charge in [0.25, 0.3) is 0 Å². The average molecular weight is 311 g/mol. The molecule has 0 aromatic heterocycles. The molecule has 16 heavy (non-hydrogen) atoms. The highest BCUT2D eigenvalue weighted by molar-refractivity contribution is 9.10. The van der Waals surface area contributed by atoms with Crippen LogP contribution in [0.15, 0.2) is 16.6 Å². The van der Waals surface area contributed by atoms with Gasteiger partial charge in [-0.1, -0.05) is 22.9 Å². The van der Waals surface area contributed by atoms with Gasteiger partial charge in [0.05, 0.1) is 0 Å². The van der Waals surface area contributed by atoms with E-state index < -0.39 is 5.97 Å². The Labute approximate surface area is 108 Å². The Morgan fingerprint density at radius 3 is 2.56 bits per heavy atom. The number of aromatic hydroxyl groups is 1. The Bertz CT molecular complexity index is 398. The zero-order valence-electron chi connectivity index (χ0n) is 8.61. The molecule has 0 saturated heterocycles. The normalized spacial score (nSPS) is 11.7. The van der Waals surface area contributed by atoms with Crippen molar-refractivity contribution < 1.29 is 15.0 Å². The lowest BCUT2D eigenvalue weighted by Gasteiger charge is -2.13. The SMILES string of the molecule is CC[C@@H](N)c1cc(Br)cc(C(=O)O)c1O.Cl. The number of aromatic carboxylic acids is 1. The summed E-state index contributed by atoms with van der Waals surface area (Å²) in [6.45, 7) is 1.87. The summed E-state index contributed by atoms with van der Waals surface area (Å²) in [5, 5.41) is 18.6. The van der Waals surface area contributed by atoms with Gasteiger partial charge in [-0.3, -0.25) is 0 Å². The molecule has 0 saturated carbocycles. The van der Waals surface area contributed by atoms with Crippen molar-refractivity contribution in [1.82, 2.24) is 0 Å². The minimum Gasteiger partial charge on any atom is -0.507 e. The van der Waals surface area contributed by atoms with Crippen LogP contribution in [0.5, 0.6) is 5.75 Å². The minimum atomic E-state index is -1.17. The maximum Gasteiger partial charge on any atom is 0.339 e. The van der Waals surface area contributed by atoms with Crippen molar-refractivity contribution in [2.75, 3.05) is 0 Å². The summed E-state index contributed by atoms with van der Waals surface area (Å²) in [6, 6.07) is 2.63.